The maximum Gasteiger partial charge on any atom is 0.125 e. The van der Waals surface area contributed by atoms with E-state index in [1.54, 1.807) is 6.07 Å². The first-order valence-corrected chi connectivity index (χ1v) is 5.96. The standard InChI is InChI=1S/C13H18FNO/c14-10-5-4-6-11(9-10)15-12-7-2-1-3-8-13(12)16/h4-6,9,12-13,15-16H,1-3,7-8H2. The number of anilines is 1. The molecule has 2 unspecified atom stereocenters. The lowest BCUT2D eigenvalue weighted by atomic mass is 10.1. The Morgan fingerprint density at radius 1 is 1.19 bits per heavy atom. The molecule has 0 spiro atoms. The number of rotatable bonds is 2. The number of halogens is 1. The molecule has 0 radical (unpaired) electrons. The maximum absolute atomic E-state index is 13.0. The van der Waals surface area contributed by atoms with E-state index in [1.807, 2.05) is 6.07 Å². The normalized spacial score (nSPS) is 26.1. The molecule has 0 amide bonds. The summed E-state index contributed by atoms with van der Waals surface area (Å²) >= 11 is 0. The molecule has 16 heavy (non-hydrogen) atoms. The van der Waals surface area contributed by atoms with Crippen molar-refractivity contribution in [3.05, 3.63) is 30.1 Å². The van der Waals surface area contributed by atoms with Crippen LogP contribution in [0.1, 0.15) is 32.1 Å². The summed E-state index contributed by atoms with van der Waals surface area (Å²) in [4.78, 5) is 0. The molecular weight excluding hydrogens is 205 g/mol. The Kier molecular flexibility index (Phi) is 3.78. The van der Waals surface area contributed by atoms with Crippen LogP contribution in [0.2, 0.25) is 0 Å². The topological polar surface area (TPSA) is 32.3 Å². The number of hydrogen-bond acceptors (Lipinski definition) is 2. The molecule has 1 aromatic rings. The minimum Gasteiger partial charge on any atom is -0.391 e. The first-order valence-electron chi connectivity index (χ1n) is 5.96. The molecule has 3 heteroatoms. The Labute approximate surface area is 95.5 Å². The van der Waals surface area contributed by atoms with E-state index in [4.69, 9.17) is 0 Å². The highest BCUT2D eigenvalue weighted by Crippen LogP contribution is 2.21. The lowest BCUT2D eigenvalue weighted by molar-refractivity contribution is 0.144. The van der Waals surface area contributed by atoms with Crippen LogP contribution in [0.15, 0.2) is 24.3 Å². The van der Waals surface area contributed by atoms with Crippen LogP contribution in [-0.4, -0.2) is 17.3 Å². The van der Waals surface area contributed by atoms with E-state index in [-0.39, 0.29) is 18.0 Å². The molecule has 0 aliphatic heterocycles. The molecule has 0 aromatic heterocycles. The summed E-state index contributed by atoms with van der Waals surface area (Å²) in [6.07, 6.45) is 4.88. The van der Waals surface area contributed by atoms with Crippen molar-refractivity contribution >= 4 is 5.69 Å². The summed E-state index contributed by atoms with van der Waals surface area (Å²) in [6, 6.07) is 6.47. The van der Waals surface area contributed by atoms with Crippen molar-refractivity contribution < 1.29 is 9.50 Å². The smallest absolute Gasteiger partial charge is 0.125 e. The first kappa shape index (κ1) is 11.4. The fraction of sp³-hybridized carbons (Fsp3) is 0.538. The third kappa shape index (κ3) is 2.95. The zero-order valence-electron chi connectivity index (χ0n) is 9.32. The van der Waals surface area contributed by atoms with Crippen molar-refractivity contribution in [3.8, 4) is 0 Å². The van der Waals surface area contributed by atoms with Crippen molar-refractivity contribution in [1.82, 2.24) is 0 Å². The average molecular weight is 223 g/mol. The Morgan fingerprint density at radius 3 is 2.81 bits per heavy atom. The molecule has 0 saturated heterocycles. The summed E-state index contributed by atoms with van der Waals surface area (Å²) in [5, 5.41) is 13.1. The van der Waals surface area contributed by atoms with Crippen LogP contribution in [-0.2, 0) is 0 Å². The molecule has 1 aromatic carbocycles. The van der Waals surface area contributed by atoms with Gasteiger partial charge < -0.3 is 10.4 Å². The second-order valence-corrected chi connectivity index (χ2v) is 4.47. The van der Waals surface area contributed by atoms with Crippen LogP contribution in [0.25, 0.3) is 0 Å². The number of benzene rings is 1. The second-order valence-electron chi connectivity index (χ2n) is 4.47. The van der Waals surface area contributed by atoms with Crippen molar-refractivity contribution in [1.29, 1.82) is 0 Å². The van der Waals surface area contributed by atoms with Gasteiger partial charge in [-0.05, 0) is 31.0 Å². The number of nitrogens with one attached hydrogen (secondary N) is 1. The van der Waals surface area contributed by atoms with Gasteiger partial charge in [-0.25, -0.2) is 4.39 Å². The third-order valence-electron chi connectivity index (χ3n) is 3.16. The molecule has 0 bridgehead atoms. The third-order valence-corrected chi connectivity index (χ3v) is 3.16. The predicted octanol–water partition coefficient (Wildman–Crippen LogP) is 2.93. The Morgan fingerprint density at radius 2 is 2.00 bits per heavy atom. The summed E-state index contributed by atoms with van der Waals surface area (Å²) in [7, 11) is 0. The Hall–Kier alpha value is -1.09. The molecular formula is C13H18FNO. The molecule has 1 saturated carbocycles. The molecule has 1 aliphatic carbocycles. The van der Waals surface area contributed by atoms with E-state index in [0.29, 0.717) is 0 Å². The van der Waals surface area contributed by atoms with Gasteiger partial charge in [-0.2, -0.15) is 0 Å². The summed E-state index contributed by atoms with van der Waals surface area (Å²) in [5.41, 5.74) is 0.756. The lowest BCUT2D eigenvalue weighted by Crippen LogP contribution is -2.32. The van der Waals surface area contributed by atoms with E-state index in [2.05, 4.69) is 5.32 Å². The van der Waals surface area contributed by atoms with Crippen molar-refractivity contribution in [2.75, 3.05) is 5.32 Å². The second kappa shape index (κ2) is 5.30. The molecule has 1 fully saturated rings. The zero-order valence-corrected chi connectivity index (χ0v) is 9.32. The van der Waals surface area contributed by atoms with Crippen LogP contribution >= 0.6 is 0 Å². The maximum atomic E-state index is 13.0. The summed E-state index contributed by atoms with van der Waals surface area (Å²) < 4.78 is 13.0. The van der Waals surface area contributed by atoms with Crippen LogP contribution in [0.3, 0.4) is 0 Å². The van der Waals surface area contributed by atoms with E-state index < -0.39 is 0 Å². The summed E-state index contributed by atoms with van der Waals surface area (Å²) in [5.74, 6) is -0.242. The van der Waals surface area contributed by atoms with E-state index in [9.17, 15) is 9.50 Å². The molecule has 1 aliphatic rings. The molecule has 2 N–H and O–H groups in total. The highest BCUT2D eigenvalue weighted by atomic mass is 19.1. The number of aliphatic hydroxyl groups is 1. The van der Waals surface area contributed by atoms with Gasteiger partial charge in [0.2, 0.25) is 0 Å². The molecule has 2 nitrogen and oxygen atoms in total. The van der Waals surface area contributed by atoms with Gasteiger partial charge in [-0.3, -0.25) is 0 Å². The predicted molar refractivity (Wildman–Crippen MR) is 62.9 cm³/mol. The van der Waals surface area contributed by atoms with Crippen LogP contribution < -0.4 is 5.32 Å². The monoisotopic (exact) mass is 223 g/mol. The van der Waals surface area contributed by atoms with E-state index in [0.717, 1.165) is 31.4 Å². The van der Waals surface area contributed by atoms with E-state index in [1.165, 1.54) is 18.6 Å². The average Bonchev–Trinajstić information content (AvgIpc) is 2.45. The van der Waals surface area contributed by atoms with E-state index >= 15 is 0 Å². The van der Waals surface area contributed by atoms with Gasteiger partial charge in [0.1, 0.15) is 5.82 Å². The van der Waals surface area contributed by atoms with Gasteiger partial charge in [0.15, 0.2) is 0 Å². The molecule has 88 valence electrons. The van der Waals surface area contributed by atoms with Crippen molar-refractivity contribution in [3.63, 3.8) is 0 Å². The Balaban J connectivity index is 2.02. The lowest BCUT2D eigenvalue weighted by Gasteiger charge is -2.22. The highest BCUT2D eigenvalue weighted by Gasteiger charge is 2.21. The quantitative estimate of drug-likeness (QED) is 0.755. The largest absolute Gasteiger partial charge is 0.391 e. The number of aliphatic hydroxyl groups excluding tert-OH is 1. The minimum atomic E-state index is -0.314. The SMILES string of the molecule is OC1CCCCCC1Nc1cccc(F)c1. The zero-order chi connectivity index (χ0) is 11.4. The van der Waals surface area contributed by atoms with Gasteiger partial charge in [-0.1, -0.05) is 25.3 Å². The van der Waals surface area contributed by atoms with Gasteiger partial charge in [0.05, 0.1) is 12.1 Å². The van der Waals surface area contributed by atoms with Crippen molar-refractivity contribution in [2.24, 2.45) is 0 Å². The highest BCUT2D eigenvalue weighted by molar-refractivity contribution is 5.44. The molecule has 2 atom stereocenters. The molecule has 0 heterocycles. The fourth-order valence-corrected chi connectivity index (χ4v) is 2.25. The first-order chi connectivity index (χ1) is 7.75. The van der Waals surface area contributed by atoms with Crippen molar-refractivity contribution in [2.45, 2.75) is 44.2 Å². The van der Waals surface area contributed by atoms with Crippen LogP contribution in [0.4, 0.5) is 10.1 Å². The number of hydrogen-bond donors (Lipinski definition) is 2. The van der Waals surface area contributed by atoms with Gasteiger partial charge in [0.25, 0.3) is 0 Å². The van der Waals surface area contributed by atoms with Gasteiger partial charge >= 0.3 is 0 Å². The minimum absolute atomic E-state index is 0.0595. The molecule has 2 rings (SSSR count). The summed E-state index contributed by atoms with van der Waals surface area (Å²) in [6.45, 7) is 0. The fourth-order valence-electron chi connectivity index (χ4n) is 2.25. The van der Waals surface area contributed by atoms with Gasteiger partial charge in [-0.15, -0.1) is 0 Å². The van der Waals surface area contributed by atoms with Gasteiger partial charge in [0, 0.05) is 5.69 Å². The Bertz CT molecular complexity index is 342. The van der Waals surface area contributed by atoms with Crippen LogP contribution in [0.5, 0.6) is 0 Å². The van der Waals surface area contributed by atoms with Crippen LogP contribution in [0, 0.1) is 5.82 Å².